The average molecular weight is 342 g/mol. The molecular formula is C16H23FN2O3S. The zero-order valence-corrected chi connectivity index (χ0v) is 14.1. The van der Waals surface area contributed by atoms with E-state index in [-0.39, 0.29) is 29.9 Å². The molecule has 128 valence electrons. The number of benzene rings is 1. The van der Waals surface area contributed by atoms with Gasteiger partial charge in [0.1, 0.15) is 5.82 Å². The fourth-order valence-electron chi connectivity index (χ4n) is 2.80. The Morgan fingerprint density at radius 1 is 1.22 bits per heavy atom. The minimum Gasteiger partial charge on any atom is -0.352 e. The zero-order chi connectivity index (χ0) is 16.9. The van der Waals surface area contributed by atoms with Crippen LogP contribution in [0.2, 0.25) is 0 Å². The molecular weight excluding hydrogens is 319 g/mol. The summed E-state index contributed by atoms with van der Waals surface area (Å²) in [6.07, 6.45) is 5.27. The Kier molecular flexibility index (Phi) is 6.12. The molecule has 0 atom stereocenters. The molecule has 0 aromatic heterocycles. The highest BCUT2D eigenvalue weighted by Gasteiger charge is 2.26. The maximum Gasteiger partial charge on any atom is 0.243 e. The van der Waals surface area contributed by atoms with Gasteiger partial charge < -0.3 is 5.32 Å². The standard InChI is InChI=1S/C16H23FN2O3S/c1-2-19(12-16(20)18-14-6-4-3-5-7-14)23(21,22)15-10-8-13(17)9-11-15/h8-11,14H,2-7,12H2,1H3,(H,18,20). The Labute approximate surface area is 136 Å². The van der Waals surface area contributed by atoms with Crippen LogP contribution in [0.4, 0.5) is 4.39 Å². The second-order valence-corrected chi connectivity index (χ2v) is 7.73. The molecule has 0 unspecified atom stereocenters. The number of nitrogens with one attached hydrogen (secondary N) is 1. The fourth-order valence-corrected chi connectivity index (χ4v) is 4.21. The second kappa shape index (κ2) is 7.88. The first-order chi connectivity index (χ1) is 10.9. The summed E-state index contributed by atoms with van der Waals surface area (Å²) in [5.74, 6) is -0.786. The van der Waals surface area contributed by atoms with E-state index in [1.54, 1.807) is 6.92 Å². The van der Waals surface area contributed by atoms with Crippen molar-refractivity contribution in [2.45, 2.75) is 50.0 Å². The van der Waals surface area contributed by atoms with Crippen molar-refractivity contribution in [2.75, 3.05) is 13.1 Å². The molecule has 1 aliphatic rings. The summed E-state index contributed by atoms with van der Waals surface area (Å²) >= 11 is 0. The molecule has 5 nitrogen and oxygen atoms in total. The van der Waals surface area contributed by atoms with Gasteiger partial charge in [-0.3, -0.25) is 4.79 Å². The Balaban J connectivity index is 2.03. The van der Waals surface area contributed by atoms with Crippen LogP contribution in [0.15, 0.2) is 29.2 Å². The number of carbonyl (C=O) groups excluding carboxylic acids is 1. The van der Waals surface area contributed by atoms with Gasteiger partial charge in [0.05, 0.1) is 11.4 Å². The molecule has 0 heterocycles. The van der Waals surface area contributed by atoms with Gasteiger partial charge in [0.25, 0.3) is 0 Å². The molecule has 23 heavy (non-hydrogen) atoms. The van der Waals surface area contributed by atoms with Crippen LogP contribution in [0, 0.1) is 5.82 Å². The number of carbonyl (C=O) groups is 1. The molecule has 1 fully saturated rings. The van der Waals surface area contributed by atoms with Crippen molar-refractivity contribution in [3.63, 3.8) is 0 Å². The van der Waals surface area contributed by atoms with E-state index < -0.39 is 15.8 Å². The SMILES string of the molecule is CCN(CC(=O)NC1CCCCC1)S(=O)(=O)c1ccc(F)cc1. The van der Waals surface area contributed by atoms with Crippen LogP contribution in [-0.4, -0.2) is 37.8 Å². The van der Waals surface area contributed by atoms with Crippen molar-refractivity contribution in [1.29, 1.82) is 0 Å². The normalized spacial score (nSPS) is 16.5. The van der Waals surface area contributed by atoms with E-state index in [1.165, 1.54) is 18.6 Å². The summed E-state index contributed by atoms with van der Waals surface area (Å²) in [5, 5.41) is 2.91. The minimum atomic E-state index is -3.80. The highest BCUT2D eigenvalue weighted by Crippen LogP contribution is 2.18. The highest BCUT2D eigenvalue weighted by atomic mass is 32.2. The summed E-state index contributed by atoms with van der Waals surface area (Å²) < 4.78 is 39.1. The van der Waals surface area contributed by atoms with Crippen LogP contribution >= 0.6 is 0 Å². The first kappa shape index (κ1) is 17.9. The van der Waals surface area contributed by atoms with Crippen LogP contribution in [0.3, 0.4) is 0 Å². The lowest BCUT2D eigenvalue weighted by molar-refractivity contribution is -0.122. The number of amides is 1. The fraction of sp³-hybridized carbons (Fsp3) is 0.562. The lowest BCUT2D eigenvalue weighted by atomic mass is 9.95. The van der Waals surface area contributed by atoms with Crippen molar-refractivity contribution in [3.8, 4) is 0 Å². The molecule has 1 aliphatic carbocycles. The number of halogens is 1. The number of hydrogen-bond donors (Lipinski definition) is 1. The molecule has 1 N–H and O–H groups in total. The maximum absolute atomic E-state index is 13.0. The third-order valence-electron chi connectivity index (χ3n) is 4.09. The van der Waals surface area contributed by atoms with Gasteiger partial charge in [-0.15, -0.1) is 0 Å². The van der Waals surface area contributed by atoms with Gasteiger partial charge in [0, 0.05) is 12.6 Å². The van der Waals surface area contributed by atoms with Crippen molar-refractivity contribution in [3.05, 3.63) is 30.1 Å². The van der Waals surface area contributed by atoms with Crippen LogP contribution in [0.5, 0.6) is 0 Å². The quantitative estimate of drug-likeness (QED) is 0.862. The predicted octanol–water partition coefficient (Wildman–Crippen LogP) is 2.29. The van der Waals surface area contributed by atoms with Crippen molar-refractivity contribution in [2.24, 2.45) is 0 Å². The Bertz CT molecular complexity index is 625. The Morgan fingerprint density at radius 2 is 1.83 bits per heavy atom. The number of likely N-dealkylation sites (N-methyl/N-ethyl adjacent to an activating group) is 1. The smallest absolute Gasteiger partial charge is 0.243 e. The molecule has 0 saturated heterocycles. The van der Waals surface area contributed by atoms with Crippen LogP contribution in [-0.2, 0) is 14.8 Å². The summed E-state index contributed by atoms with van der Waals surface area (Å²) in [6.45, 7) is 1.64. The monoisotopic (exact) mass is 342 g/mol. The molecule has 0 bridgehead atoms. The summed E-state index contributed by atoms with van der Waals surface area (Å²) in [7, 11) is -3.80. The number of rotatable bonds is 6. The molecule has 0 aliphatic heterocycles. The zero-order valence-electron chi connectivity index (χ0n) is 13.3. The van der Waals surface area contributed by atoms with Crippen LogP contribution in [0.1, 0.15) is 39.0 Å². The van der Waals surface area contributed by atoms with Gasteiger partial charge in [-0.05, 0) is 37.1 Å². The van der Waals surface area contributed by atoms with Crippen molar-refractivity contribution in [1.82, 2.24) is 9.62 Å². The largest absolute Gasteiger partial charge is 0.352 e. The summed E-state index contributed by atoms with van der Waals surface area (Å²) in [4.78, 5) is 12.1. The molecule has 1 aromatic carbocycles. The van der Waals surface area contributed by atoms with E-state index in [1.807, 2.05) is 0 Å². The maximum atomic E-state index is 13.0. The van der Waals surface area contributed by atoms with E-state index in [0.717, 1.165) is 42.1 Å². The van der Waals surface area contributed by atoms with Gasteiger partial charge >= 0.3 is 0 Å². The molecule has 1 saturated carbocycles. The van der Waals surface area contributed by atoms with Gasteiger partial charge in [0.15, 0.2) is 0 Å². The number of sulfonamides is 1. The Hall–Kier alpha value is -1.47. The van der Waals surface area contributed by atoms with E-state index in [9.17, 15) is 17.6 Å². The number of hydrogen-bond acceptors (Lipinski definition) is 3. The first-order valence-corrected chi connectivity index (χ1v) is 9.42. The third-order valence-corrected chi connectivity index (χ3v) is 6.03. The van der Waals surface area contributed by atoms with Gasteiger partial charge in [-0.2, -0.15) is 4.31 Å². The molecule has 0 radical (unpaired) electrons. The van der Waals surface area contributed by atoms with Crippen LogP contribution < -0.4 is 5.32 Å². The van der Waals surface area contributed by atoms with E-state index in [2.05, 4.69) is 5.32 Å². The second-order valence-electron chi connectivity index (χ2n) is 5.79. The lowest BCUT2D eigenvalue weighted by Crippen LogP contribution is -2.44. The Morgan fingerprint density at radius 3 is 2.39 bits per heavy atom. The average Bonchev–Trinajstić information content (AvgIpc) is 2.53. The van der Waals surface area contributed by atoms with E-state index >= 15 is 0 Å². The van der Waals surface area contributed by atoms with Crippen LogP contribution in [0.25, 0.3) is 0 Å². The number of nitrogens with zero attached hydrogens (tertiary/aromatic N) is 1. The summed E-state index contributed by atoms with van der Waals surface area (Å²) in [5.41, 5.74) is 0. The van der Waals surface area contributed by atoms with E-state index in [4.69, 9.17) is 0 Å². The third kappa shape index (κ3) is 4.75. The van der Waals surface area contributed by atoms with Crippen molar-refractivity contribution >= 4 is 15.9 Å². The lowest BCUT2D eigenvalue weighted by Gasteiger charge is -2.25. The highest BCUT2D eigenvalue weighted by molar-refractivity contribution is 7.89. The molecule has 1 amide bonds. The van der Waals surface area contributed by atoms with Gasteiger partial charge in [-0.25, -0.2) is 12.8 Å². The summed E-state index contributed by atoms with van der Waals surface area (Å²) in [6, 6.07) is 4.77. The van der Waals surface area contributed by atoms with Crippen molar-refractivity contribution < 1.29 is 17.6 Å². The molecule has 0 spiro atoms. The van der Waals surface area contributed by atoms with E-state index in [0.29, 0.717) is 0 Å². The molecule has 7 heteroatoms. The van der Waals surface area contributed by atoms with Gasteiger partial charge in [-0.1, -0.05) is 26.2 Å². The predicted molar refractivity (Wildman–Crippen MR) is 85.8 cm³/mol. The molecule has 2 rings (SSSR count). The topological polar surface area (TPSA) is 66.5 Å². The van der Waals surface area contributed by atoms with Gasteiger partial charge in [0.2, 0.25) is 15.9 Å². The molecule has 1 aromatic rings. The minimum absolute atomic E-state index is 0.00813. The first-order valence-electron chi connectivity index (χ1n) is 7.98.